The molecule has 0 amide bonds. The van der Waals surface area contributed by atoms with Gasteiger partial charge in [0, 0.05) is 18.6 Å². The molecule has 1 aliphatic heterocycles. The fraction of sp³-hybridized carbons (Fsp3) is 0.636. The van der Waals surface area contributed by atoms with E-state index in [1.54, 1.807) is 0 Å². The third-order valence-corrected chi connectivity index (χ3v) is 3.92. The van der Waals surface area contributed by atoms with Crippen LogP contribution in [0.5, 0.6) is 0 Å². The number of nitrogens with two attached hydrogens (primary N) is 1. The normalized spacial score (nSPS) is 29.4. The highest BCUT2D eigenvalue weighted by Crippen LogP contribution is 2.36. The van der Waals surface area contributed by atoms with Gasteiger partial charge in [0.25, 0.3) is 5.56 Å². The Labute approximate surface area is 109 Å². The maximum Gasteiger partial charge on any atom is 0.277 e. The predicted octanol–water partition coefficient (Wildman–Crippen LogP) is -1.33. The van der Waals surface area contributed by atoms with Gasteiger partial charge in [-0.1, -0.05) is 0 Å². The maximum absolute atomic E-state index is 11.7. The Hall–Kier alpha value is -1.80. The zero-order chi connectivity index (χ0) is 13.6. The van der Waals surface area contributed by atoms with Crippen molar-refractivity contribution in [3.8, 4) is 0 Å². The second kappa shape index (κ2) is 4.39. The number of nitrogens with zero attached hydrogens (tertiary/aromatic N) is 2. The van der Waals surface area contributed by atoms with Gasteiger partial charge in [-0.3, -0.25) is 9.78 Å². The highest BCUT2D eigenvalue weighted by Gasteiger charge is 2.39. The molecule has 3 atom stereocenters. The summed E-state index contributed by atoms with van der Waals surface area (Å²) in [4.78, 5) is 20.3. The van der Waals surface area contributed by atoms with Crippen molar-refractivity contribution in [1.29, 1.82) is 0 Å². The van der Waals surface area contributed by atoms with Crippen LogP contribution in [0, 0.1) is 5.92 Å². The third kappa shape index (κ3) is 1.92. The van der Waals surface area contributed by atoms with Crippen molar-refractivity contribution in [2.45, 2.75) is 25.0 Å². The van der Waals surface area contributed by atoms with E-state index in [-0.39, 0.29) is 30.1 Å². The molecule has 0 radical (unpaired) electrons. The summed E-state index contributed by atoms with van der Waals surface area (Å²) < 4.78 is 0. The third-order valence-electron chi connectivity index (χ3n) is 3.92. The van der Waals surface area contributed by atoms with E-state index in [1.807, 2.05) is 4.90 Å². The molecule has 1 saturated carbocycles. The molecule has 0 saturated heterocycles. The molecular weight excluding hydrogens is 250 g/mol. The standard InChI is InChI=1S/C11H17N5O3/c12-11-14-9-8(10(19)15-11)13-4-16(9)6-1-5(3-17)7(18)2-6/h5-7,13,17-18H,1-4H2,(H3,12,14,15,19). The predicted molar refractivity (Wildman–Crippen MR) is 69.8 cm³/mol. The summed E-state index contributed by atoms with van der Waals surface area (Å²) in [6.07, 6.45) is 0.715. The molecular formula is C11H17N5O3. The van der Waals surface area contributed by atoms with E-state index in [1.165, 1.54) is 0 Å². The Balaban J connectivity index is 1.89. The zero-order valence-corrected chi connectivity index (χ0v) is 10.3. The van der Waals surface area contributed by atoms with Crippen LogP contribution in [0.1, 0.15) is 12.8 Å². The van der Waals surface area contributed by atoms with Gasteiger partial charge in [0.15, 0.2) is 5.82 Å². The molecule has 2 heterocycles. The van der Waals surface area contributed by atoms with E-state index in [4.69, 9.17) is 5.73 Å². The van der Waals surface area contributed by atoms with E-state index in [0.29, 0.717) is 31.0 Å². The molecule has 1 aromatic heterocycles. The van der Waals surface area contributed by atoms with E-state index in [9.17, 15) is 15.0 Å². The van der Waals surface area contributed by atoms with Crippen LogP contribution < -0.4 is 21.5 Å². The van der Waals surface area contributed by atoms with Gasteiger partial charge in [-0.2, -0.15) is 4.98 Å². The number of aliphatic hydroxyl groups excluding tert-OH is 2. The van der Waals surface area contributed by atoms with E-state index in [0.717, 1.165) is 0 Å². The topological polar surface area (TPSA) is 128 Å². The second-order valence-corrected chi connectivity index (χ2v) is 5.09. The van der Waals surface area contributed by atoms with Crippen molar-refractivity contribution in [2.24, 2.45) is 5.92 Å². The van der Waals surface area contributed by atoms with Crippen LogP contribution in [0.25, 0.3) is 0 Å². The number of H-pyrrole nitrogens is 1. The van der Waals surface area contributed by atoms with Gasteiger partial charge < -0.3 is 26.2 Å². The molecule has 1 aromatic rings. The fourth-order valence-corrected chi connectivity index (χ4v) is 2.91. The van der Waals surface area contributed by atoms with Gasteiger partial charge in [-0.25, -0.2) is 0 Å². The largest absolute Gasteiger partial charge is 0.396 e. The first-order valence-electron chi connectivity index (χ1n) is 6.29. The van der Waals surface area contributed by atoms with Gasteiger partial charge in [0.1, 0.15) is 5.69 Å². The van der Waals surface area contributed by atoms with Gasteiger partial charge in [0.05, 0.1) is 12.8 Å². The van der Waals surface area contributed by atoms with Gasteiger partial charge in [0.2, 0.25) is 5.95 Å². The van der Waals surface area contributed by atoms with Gasteiger partial charge >= 0.3 is 0 Å². The number of aromatic amines is 1. The summed E-state index contributed by atoms with van der Waals surface area (Å²) in [5.74, 6) is 0.486. The van der Waals surface area contributed by atoms with Crippen molar-refractivity contribution in [3.63, 3.8) is 0 Å². The number of aromatic nitrogens is 2. The molecule has 3 unspecified atom stereocenters. The number of rotatable bonds is 2. The summed E-state index contributed by atoms with van der Waals surface area (Å²) in [5.41, 5.74) is 5.69. The van der Waals surface area contributed by atoms with Gasteiger partial charge in [-0.15, -0.1) is 0 Å². The van der Waals surface area contributed by atoms with Crippen LogP contribution in [0.15, 0.2) is 4.79 Å². The zero-order valence-electron chi connectivity index (χ0n) is 10.3. The van der Waals surface area contributed by atoms with Crippen molar-refractivity contribution >= 4 is 17.5 Å². The maximum atomic E-state index is 11.7. The molecule has 8 nitrogen and oxygen atoms in total. The lowest BCUT2D eigenvalue weighted by Gasteiger charge is -2.24. The molecule has 104 valence electrons. The van der Waals surface area contributed by atoms with Crippen LogP contribution in [-0.2, 0) is 0 Å². The quantitative estimate of drug-likeness (QED) is 0.449. The summed E-state index contributed by atoms with van der Waals surface area (Å²) in [6, 6.07) is 0.0506. The van der Waals surface area contributed by atoms with Crippen molar-refractivity contribution in [2.75, 3.05) is 29.2 Å². The van der Waals surface area contributed by atoms with Crippen LogP contribution in [0.4, 0.5) is 17.5 Å². The SMILES string of the molecule is Nc1nc2c(c(=O)[nH]1)NCN2C1CC(O)C(CO)C1. The summed E-state index contributed by atoms with van der Waals surface area (Å²) in [6.45, 7) is 0.432. The molecule has 6 N–H and O–H groups in total. The van der Waals surface area contributed by atoms with Crippen LogP contribution in [0.3, 0.4) is 0 Å². The number of anilines is 3. The number of nitrogens with one attached hydrogen (secondary N) is 2. The number of aliphatic hydroxyl groups is 2. The first kappa shape index (κ1) is 12.2. The Kier molecular flexibility index (Phi) is 2.83. The molecule has 8 heteroatoms. The average Bonchev–Trinajstić information content (AvgIpc) is 2.92. The van der Waals surface area contributed by atoms with Crippen LogP contribution in [0.2, 0.25) is 0 Å². The molecule has 1 aliphatic carbocycles. The molecule has 3 rings (SSSR count). The van der Waals surface area contributed by atoms with E-state index >= 15 is 0 Å². The lowest BCUT2D eigenvalue weighted by Crippen LogP contribution is -2.34. The first-order chi connectivity index (χ1) is 9.10. The minimum Gasteiger partial charge on any atom is -0.396 e. The second-order valence-electron chi connectivity index (χ2n) is 5.09. The number of fused-ring (bicyclic) bond motifs is 1. The van der Waals surface area contributed by atoms with Crippen LogP contribution in [-0.4, -0.2) is 45.6 Å². The molecule has 19 heavy (non-hydrogen) atoms. The van der Waals surface area contributed by atoms with E-state index < -0.39 is 6.10 Å². The summed E-state index contributed by atoms with van der Waals surface area (Å²) >= 11 is 0. The fourth-order valence-electron chi connectivity index (χ4n) is 2.91. The minimum absolute atomic E-state index is 0.0310. The average molecular weight is 267 g/mol. The monoisotopic (exact) mass is 267 g/mol. The first-order valence-corrected chi connectivity index (χ1v) is 6.29. The Morgan fingerprint density at radius 1 is 1.47 bits per heavy atom. The smallest absolute Gasteiger partial charge is 0.277 e. The molecule has 0 bridgehead atoms. The lowest BCUT2D eigenvalue weighted by molar-refractivity contribution is 0.0908. The summed E-state index contributed by atoms with van der Waals surface area (Å²) in [5, 5.41) is 22.0. The number of nitrogen functional groups attached to an aromatic ring is 1. The summed E-state index contributed by atoms with van der Waals surface area (Å²) in [7, 11) is 0. The Bertz CT molecular complexity index is 546. The number of hydrogen-bond donors (Lipinski definition) is 5. The number of hydrogen-bond acceptors (Lipinski definition) is 7. The minimum atomic E-state index is -0.515. The molecule has 1 fully saturated rings. The van der Waals surface area contributed by atoms with E-state index in [2.05, 4.69) is 15.3 Å². The van der Waals surface area contributed by atoms with Crippen molar-refractivity contribution in [3.05, 3.63) is 10.4 Å². The van der Waals surface area contributed by atoms with Crippen molar-refractivity contribution < 1.29 is 10.2 Å². The Morgan fingerprint density at radius 2 is 2.26 bits per heavy atom. The lowest BCUT2D eigenvalue weighted by atomic mass is 10.1. The molecule has 0 aromatic carbocycles. The highest BCUT2D eigenvalue weighted by atomic mass is 16.3. The van der Waals surface area contributed by atoms with Gasteiger partial charge in [-0.05, 0) is 12.8 Å². The Morgan fingerprint density at radius 3 is 2.95 bits per heavy atom. The van der Waals surface area contributed by atoms with Crippen LogP contribution >= 0.6 is 0 Å². The van der Waals surface area contributed by atoms with Crippen molar-refractivity contribution in [1.82, 2.24) is 9.97 Å². The molecule has 2 aliphatic rings. The molecule has 0 spiro atoms. The highest BCUT2D eigenvalue weighted by molar-refractivity contribution is 5.71.